The van der Waals surface area contributed by atoms with Gasteiger partial charge in [0.05, 0.1) is 12.2 Å². The fourth-order valence-electron chi connectivity index (χ4n) is 2.93. The molecule has 1 N–H and O–H groups in total. The van der Waals surface area contributed by atoms with Gasteiger partial charge in [-0.1, -0.05) is 29.0 Å². The molecule has 0 aliphatic carbocycles. The van der Waals surface area contributed by atoms with Gasteiger partial charge in [-0.15, -0.1) is 0 Å². The van der Waals surface area contributed by atoms with Crippen LogP contribution in [0.5, 0.6) is 5.75 Å². The average molecular weight is 409 g/mol. The summed E-state index contributed by atoms with van der Waals surface area (Å²) in [7, 11) is 0. The topological polar surface area (TPSA) is 55.6 Å². The highest BCUT2D eigenvalue weighted by atomic mass is 32.1. The lowest BCUT2D eigenvalue weighted by atomic mass is 10.2. The van der Waals surface area contributed by atoms with E-state index in [1.54, 1.807) is 12.1 Å². The van der Waals surface area contributed by atoms with Gasteiger partial charge in [-0.25, -0.2) is 9.37 Å². The molecule has 4 aromatic rings. The highest BCUT2D eigenvalue weighted by molar-refractivity contribution is 7.17. The van der Waals surface area contributed by atoms with Crippen LogP contribution in [0.4, 0.5) is 4.39 Å². The quantitative estimate of drug-likeness (QED) is 0.510. The normalized spacial score (nSPS) is 11.0. The van der Waals surface area contributed by atoms with Crippen LogP contribution in [0.1, 0.15) is 16.1 Å². The van der Waals surface area contributed by atoms with E-state index < -0.39 is 0 Å². The summed E-state index contributed by atoms with van der Waals surface area (Å²) in [6.07, 6.45) is 1.93. The van der Waals surface area contributed by atoms with E-state index in [2.05, 4.69) is 10.3 Å². The molecular formula is C22H20FN3O2S. The second-order valence-electron chi connectivity index (χ2n) is 6.77. The maximum absolute atomic E-state index is 13.1. The van der Waals surface area contributed by atoms with Gasteiger partial charge in [-0.2, -0.15) is 0 Å². The third kappa shape index (κ3) is 4.30. The Labute approximate surface area is 171 Å². The molecule has 0 saturated heterocycles. The monoisotopic (exact) mass is 409 g/mol. The zero-order chi connectivity index (χ0) is 20.4. The number of thiazole rings is 1. The molecule has 0 fully saturated rings. The van der Waals surface area contributed by atoms with Crippen molar-refractivity contribution in [3.63, 3.8) is 0 Å². The predicted molar refractivity (Wildman–Crippen MR) is 112 cm³/mol. The Balaban J connectivity index is 1.38. The number of halogens is 1. The largest absolute Gasteiger partial charge is 0.484 e. The Morgan fingerprint density at radius 3 is 2.55 bits per heavy atom. The number of carbonyl (C=O) groups is 1. The van der Waals surface area contributed by atoms with Crippen LogP contribution in [-0.2, 0) is 11.3 Å². The lowest BCUT2D eigenvalue weighted by Crippen LogP contribution is -2.28. The molecule has 7 heteroatoms. The molecule has 0 radical (unpaired) electrons. The number of nitrogens with zero attached hydrogens (tertiary/aromatic N) is 2. The van der Waals surface area contributed by atoms with E-state index in [9.17, 15) is 9.18 Å². The lowest BCUT2D eigenvalue weighted by molar-refractivity contribution is -0.123. The van der Waals surface area contributed by atoms with Gasteiger partial charge in [-0.3, -0.25) is 9.20 Å². The zero-order valence-electron chi connectivity index (χ0n) is 16.1. The van der Waals surface area contributed by atoms with Gasteiger partial charge in [-0.05, 0) is 50.2 Å². The van der Waals surface area contributed by atoms with Crippen molar-refractivity contribution in [1.29, 1.82) is 0 Å². The predicted octanol–water partition coefficient (Wildman–Crippen LogP) is 4.51. The van der Waals surface area contributed by atoms with Gasteiger partial charge >= 0.3 is 0 Å². The van der Waals surface area contributed by atoms with Crippen molar-refractivity contribution in [1.82, 2.24) is 14.7 Å². The number of hydrogen-bond acceptors (Lipinski definition) is 4. The summed E-state index contributed by atoms with van der Waals surface area (Å²) < 4.78 is 20.6. The number of fused-ring (bicyclic) bond motifs is 1. The third-order valence-electron chi connectivity index (χ3n) is 4.63. The molecule has 2 aromatic carbocycles. The van der Waals surface area contributed by atoms with Crippen molar-refractivity contribution in [2.75, 3.05) is 6.61 Å². The van der Waals surface area contributed by atoms with Gasteiger partial charge in [0.15, 0.2) is 11.6 Å². The van der Waals surface area contributed by atoms with Crippen molar-refractivity contribution in [2.24, 2.45) is 0 Å². The molecule has 1 amide bonds. The fraction of sp³-hybridized carbons (Fsp3) is 0.182. The average Bonchev–Trinajstić information content (AvgIpc) is 3.26. The number of carbonyl (C=O) groups excluding carboxylic acids is 1. The van der Waals surface area contributed by atoms with Crippen molar-refractivity contribution < 1.29 is 13.9 Å². The van der Waals surface area contributed by atoms with Crippen LogP contribution >= 0.6 is 11.3 Å². The van der Waals surface area contributed by atoms with Gasteiger partial charge < -0.3 is 10.1 Å². The molecule has 0 atom stereocenters. The summed E-state index contributed by atoms with van der Waals surface area (Å²) in [5.41, 5.74) is 3.82. The first-order valence-electron chi connectivity index (χ1n) is 9.19. The summed E-state index contributed by atoms with van der Waals surface area (Å²) in [5, 5.41) is 2.89. The number of aryl methyl sites for hydroxylation is 2. The minimum Gasteiger partial charge on any atom is -0.484 e. The summed E-state index contributed by atoms with van der Waals surface area (Å²) in [4.78, 5) is 18.6. The van der Waals surface area contributed by atoms with Crippen molar-refractivity contribution in [3.05, 3.63) is 76.7 Å². The number of imidazole rings is 1. The molecule has 2 aromatic heterocycles. The van der Waals surface area contributed by atoms with Crippen LogP contribution < -0.4 is 10.1 Å². The first-order chi connectivity index (χ1) is 14.0. The molecule has 0 spiro atoms. The Hall–Kier alpha value is -3.19. The Morgan fingerprint density at radius 1 is 1.14 bits per heavy atom. The fourth-order valence-corrected chi connectivity index (χ4v) is 3.97. The van der Waals surface area contributed by atoms with E-state index in [0.717, 1.165) is 32.4 Å². The molecule has 0 bridgehead atoms. The van der Waals surface area contributed by atoms with Crippen LogP contribution in [0.25, 0.3) is 16.2 Å². The van der Waals surface area contributed by atoms with Gasteiger partial charge in [0.25, 0.3) is 5.91 Å². The number of benzene rings is 2. The van der Waals surface area contributed by atoms with Gasteiger partial charge in [0, 0.05) is 22.3 Å². The summed E-state index contributed by atoms with van der Waals surface area (Å²) in [5.74, 6) is 0.225. The molecule has 0 unspecified atom stereocenters. The van der Waals surface area contributed by atoms with Crippen LogP contribution in [0.3, 0.4) is 0 Å². The minimum absolute atomic E-state index is 0.0284. The second-order valence-corrected chi connectivity index (χ2v) is 7.84. The van der Waals surface area contributed by atoms with E-state index in [1.807, 2.05) is 48.7 Å². The first-order valence-corrected chi connectivity index (χ1v) is 10.0. The molecule has 5 nitrogen and oxygen atoms in total. The van der Waals surface area contributed by atoms with E-state index in [-0.39, 0.29) is 18.3 Å². The van der Waals surface area contributed by atoms with E-state index in [1.165, 1.54) is 23.5 Å². The second kappa shape index (κ2) is 8.05. The highest BCUT2D eigenvalue weighted by Crippen LogP contribution is 2.27. The molecule has 2 heterocycles. The van der Waals surface area contributed by atoms with Gasteiger partial charge in [0.1, 0.15) is 11.6 Å². The van der Waals surface area contributed by atoms with Crippen molar-refractivity contribution in [2.45, 2.75) is 20.4 Å². The molecular weight excluding hydrogens is 389 g/mol. The molecule has 148 valence electrons. The molecule has 0 saturated carbocycles. The van der Waals surface area contributed by atoms with Crippen LogP contribution in [-0.4, -0.2) is 21.9 Å². The minimum atomic E-state index is -0.268. The van der Waals surface area contributed by atoms with Crippen LogP contribution in [0, 0.1) is 19.7 Å². The zero-order valence-corrected chi connectivity index (χ0v) is 16.9. The highest BCUT2D eigenvalue weighted by Gasteiger charge is 2.14. The van der Waals surface area contributed by atoms with E-state index in [4.69, 9.17) is 4.74 Å². The number of ether oxygens (including phenoxy) is 1. The number of amides is 1. The van der Waals surface area contributed by atoms with Crippen LogP contribution in [0.2, 0.25) is 0 Å². The Bertz CT molecular complexity index is 1150. The SMILES string of the molecule is Cc1ccc(OCC(=O)NCc2sc3nc(-c4ccc(F)cc4)cn3c2C)cc1. The Morgan fingerprint density at radius 2 is 1.86 bits per heavy atom. The molecule has 0 aliphatic rings. The Kier molecular flexibility index (Phi) is 5.31. The number of aromatic nitrogens is 2. The van der Waals surface area contributed by atoms with Crippen LogP contribution in [0.15, 0.2) is 54.7 Å². The number of nitrogens with one attached hydrogen (secondary N) is 1. The lowest BCUT2D eigenvalue weighted by Gasteiger charge is -2.07. The molecule has 29 heavy (non-hydrogen) atoms. The first kappa shape index (κ1) is 19.1. The third-order valence-corrected chi connectivity index (χ3v) is 5.79. The summed E-state index contributed by atoms with van der Waals surface area (Å²) >= 11 is 1.52. The number of rotatable bonds is 6. The van der Waals surface area contributed by atoms with Gasteiger partial charge in [0.2, 0.25) is 0 Å². The number of hydrogen-bond donors (Lipinski definition) is 1. The maximum atomic E-state index is 13.1. The summed E-state index contributed by atoms with van der Waals surface area (Å²) in [6.45, 7) is 4.38. The van der Waals surface area contributed by atoms with Crippen molar-refractivity contribution >= 4 is 22.2 Å². The van der Waals surface area contributed by atoms with Crippen molar-refractivity contribution in [3.8, 4) is 17.0 Å². The molecule has 4 rings (SSSR count). The molecule has 0 aliphatic heterocycles. The van der Waals surface area contributed by atoms with E-state index >= 15 is 0 Å². The maximum Gasteiger partial charge on any atom is 0.258 e. The standard InChI is InChI=1S/C22H20FN3O2S/c1-14-3-9-18(10-4-14)28-13-21(27)24-11-20-15(2)26-12-19(25-22(26)29-20)16-5-7-17(23)8-6-16/h3-10,12H,11,13H2,1-2H3,(H,24,27). The summed E-state index contributed by atoms with van der Waals surface area (Å²) in [6, 6.07) is 13.9. The smallest absolute Gasteiger partial charge is 0.258 e. The van der Waals surface area contributed by atoms with E-state index in [0.29, 0.717) is 12.3 Å².